The number of hydrogen-bond donors (Lipinski definition) is 3. The molecule has 1 aromatic heterocycles. The molecular weight excluding hydrogens is 332 g/mol. The summed E-state index contributed by atoms with van der Waals surface area (Å²) in [6.45, 7) is 3.60. The number of morpholine rings is 1. The van der Waals surface area contributed by atoms with Crippen molar-refractivity contribution in [1.29, 1.82) is 0 Å². The Hall–Kier alpha value is -2.77. The molecule has 2 aromatic rings. The van der Waals surface area contributed by atoms with Gasteiger partial charge in [0.1, 0.15) is 6.04 Å². The predicted molar refractivity (Wildman–Crippen MR) is 97.7 cm³/mol. The van der Waals surface area contributed by atoms with Gasteiger partial charge in [-0.15, -0.1) is 0 Å². The summed E-state index contributed by atoms with van der Waals surface area (Å²) < 4.78 is 5.49. The largest absolute Gasteiger partial charge is 0.375 e. The van der Waals surface area contributed by atoms with Gasteiger partial charge in [-0.1, -0.05) is 12.1 Å². The van der Waals surface area contributed by atoms with Gasteiger partial charge in [-0.3, -0.25) is 14.6 Å². The molecule has 0 radical (unpaired) electrons. The molecule has 1 aliphatic heterocycles. The molecule has 1 aliphatic rings. The summed E-state index contributed by atoms with van der Waals surface area (Å²) >= 11 is 0. The third kappa shape index (κ3) is 4.65. The highest BCUT2D eigenvalue weighted by Crippen LogP contribution is 2.12. The van der Waals surface area contributed by atoms with Crippen LogP contribution in [0.25, 0.3) is 0 Å². The number of pyridine rings is 1. The Labute approximate surface area is 152 Å². The second-order valence-corrected chi connectivity index (χ2v) is 6.11. The van der Waals surface area contributed by atoms with Crippen molar-refractivity contribution in [2.45, 2.75) is 25.6 Å². The monoisotopic (exact) mass is 354 g/mol. The zero-order chi connectivity index (χ0) is 18.4. The van der Waals surface area contributed by atoms with Crippen LogP contribution in [0.1, 0.15) is 22.8 Å². The van der Waals surface area contributed by atoms with Crippen LogP contribution in [0.2, 0.25) is 0 Å². The maximum absolute atomic E-state index is 12.2. The number of hydrogen-bond acceptors (Lipinski definition) is 5. The van der Waals surface area contributed by atoms with Crippen LogP contribution < -0.4 is 16.0 Å². The highest BCUT2D eigenvalue weighted by molar-refractivity contribution is 6.04. The van der Waals surface area contributed by atoms with Crippen molar-refractivity contribution >= 4 is 17.5 Å². The minimum absolute atomic E-state index is 0.0766. The van der Waals surface area contributed by atoms with Gasteiger partial charge in [-0.25, -0.2) is 0 Å². The first-order chi connectivity index (χ1) is 12.6. The van der Waals surface area contributed by atoms with Gasteiger partial charge < -0.3 is 20.7 Å². The number of nitrogens with zero attached hydrogens (tertiary/aromatic N) is 1. The summed E-state index contributed by atoms with van der Waals surface area (Å²) in [5.41, 5.74) is 2.19. The quantitative estimate of drug-likeness (QED) is 0.753. The molecule has 0 bridgehead atoms. The van der Waals surface area contributed by atoms with Crippen LogP contribution in [-0.2, 0) is 16.1 Å². The predicted octanol–water partition coefficient (Wildman–Crippen LogP) is 1.33. The number of aromatic nitrogens is 1. The third-order valence-corrected chi connectivity index (χ3v) is 4.22. The molecule has 0 unspecified atom stereocenters. The average molecular weight is 354 g/mol. The summed E-state index contributed by atoms with van der Waals surface area (Å²) in [4.78, 5) is 28.2. The number of amides is 2. The Kier molecular flexibility index (Phi) is 5.93. The number of ether oxygens (including phenoxy) is 1. The fourth-order valence-corrected chi connectivity index (χ4v) is 2.74. The van der Waals surface area contributed by atoms with E-state index in [1.165, 1.54) is 0 Å². The van der Waals surface area contributed by atoms with Crippen molar-refractivity contribution in [3.05, 3.63) is 59.9 Å². The van der Waals surface area contributed by atoms with Gasteiger partial charge in [0.2, 0.25) is 5.91 Å². The molecular formula is C19H22N4O3. The van der Waals surface area contributed by atoms with Crippen molar-refractivity contribution in [2.75, 3.05) is 18.5 Å². The second kappa shape index (κ2) is 8.55. The van der Waals surface area contributed by atoms with Gasteiger partial charge in [-0.2, -0.15) is 0 Å². The molecule has 2 heterocycles. The summed E-state index contributed by atoms with van der Waals surface area (Å²) in [7, 11) is 0. The lowest BCUT2D eigenvalue weighted by Gasteiger charge is -2.29. The van der Waals surface area contributed by atoms with Crippen LogP contribution in [-0.4, -0.2) is 42.1 Å². The molecule has 0 aliphatic carbocycles. The van der Waals surface area contributed by atoms with Crippen molar-refractivity contribution in [3.63, 3.8) is 0 Å². The van der Waals surface area contributed by atoms with Crippen LogP contribution in [0.3, 0.4) is 0 Å². The van der Waals surface area contributed by atoms with E-state index < -0.39 is 0 Å². The minimum Gasteiger partial charge on any atom is -0.375 e. The first-order valence-electron chi connectivity index (χ1n) is 8.56. The highest BCUT2D eigenvalue weighted by atomic mass is 16.5. The van der Waals surface area contributed by atoms with Crippen LogP contribution in [0.4, 0.5) is 5.69 Å². The molecule has 3 N–H and O–H groups in total. The van der Waals surface area contributed by atoms with E-state index in [1.54, 1.807) is 24.5 Å². The standard InChI is InChI=1S/C19H22N4O3/c1-13-17(21-10-11-26-13)19(25)22-12-14-2-4-16(5-3-14)23-18(24)15-6-8-20-9-7-15/h2-9,13,17,21H,10-12H2,1H3,(H,22,25)(H,23,24)/t13-,17+/m1/s1. The maximum Gasteiger partial charge on any atom is 0.255 e. The first-order valence-corrected chi connectivity index (χ1v) is 8.56. The van der Waals surface area contributed by atoms with E-state index in [0.717, 1.165) is 5.56 Å². The number of anilines is 1. The summed E-state index contributed by atoms with van der Waals surface area (Å²) in [6, 6.07) is 10.3. The van der Waals surface area contributed by atoms with E-state index >= 15 is 0 Å². The van der Waals surface area contributed by atoms with E-state index in [0.29, 0.717) is 30.9 Å². The molecule has 136 valence electrons. The second-order valence-electron chi connectivity index (χ2n) is 6.11. The van der Waals surface area contributed by atoms with Gasteiger partial charge in [0, 0.05) is 36.7 Å². The lowest BCUT2D eigenvalue weighted by atomic mass is 10.1. The van der Waals surface area contributed by atoms with Crippen LogP contribution in [0, 0.1) is 0 Å². The average Bonchev–Trinajstić information content (AvgIpc) is 2.68. The number of benzene rings is 1. The molecule has 2 amide bonds. The zero-order valence-corrected chi connectivity index (χ0v) is 14.6. The van der Waals surface area contributed by atoms with Gasteiger partial charge in [0.05, 0.1) is 12.7 Å². The van der Waals surface area contributed by atoms with Crippen LogP contribution >= 0.6 is 0 Å². The Morgan fingerprint density at radius 2 is 1.92 bits per heavy atom. The lowest BCUT2D eigenvalue weighted by molar-refractivity contribution is -0.129. The van der Waals surface area contributed by atoms with Gasteiger partial charge >= 0.3 is 0 Å². The molecule has 7 nitrogen and oxygen atoms in total. The zero-order valence-electron chi connectivity index (χ0n) is 14.6. The number of rotatable bonds is 5. The van der Waals surface area contributed by atoms with Gasteiger partial charge in [0.25, 0.3) is 5.91 Å². The van der Waals surface area contributed by atoms with Crippen molar-refractivity contribution in [3.8, 4) is 0 Å². The Bertz CT molecular complexity index is 749. The number of carbonyl (C=O) groups is 2. The van der Waals surface area contributed by atoms with E-state index in [9.17, 15) is 9.59 Å². The molecule has 1 saturated heterocycles. The fraction of sp³-hybridized carbons (Fsp3) is 0.316. The van der Waals surface area contributed by atoms with Crippen molar-refractivity contribution < 1.29 is 14.3 Å². The number of carbonyl (C=O) groups excluding carboxylic acids is 2. The van der Waals surface area contributed by atoms with Crippen molar-refractivity contribution in [2.24, 2.45) is 0 Å². The summed E-state index contributed by atoms with van der Waals surface area (Å²) in [5, 5.41) is 8.90. The van der Waals surface area contributed by atoms with Crippen LogP contribution in [0.15, 0.2) is 48.8 Å². The smallest absolute Gasteiger partial charge is 0.255 e. The Balaban J connectivity index is 1.51. The topological polar surface area (TPSA) is 92.4 Å². The summed E-state index contributed by atoms with van der Waals surface area (Å²) in [5.74, 6) is -0.266. The van der Waals surface area contributed by atoms with E-state index in [4.69, 9.17) is 4.74 Å². The Morgan fingerprint density at radius 1 is 1.19 bits per heavy atom. The minimum atomic E-state index is -0.331. The van der Waals surface area contributed by atoms with Crippen LogP contribution in [0.5, 0.6) is 0 Å². The van der Waals surface area contributed by atoms with Gasteiger partial charge in [0.15, 0.2) is 0 Å². The molecule has 1 aromatic carbocycles. The molecule has 1 fully saturated rings. The first kappa shape index (κ1) is 18.0. The lowest BCUT2D eigenvalue weighted by Crippen LogP contribution is -2.55. The third-order valence-electron chi connectivity index (χ3n) is 4.22. The van der Waals surface area contributed by atoms with E-state index in [-0.39, 0.29) is 24.0 Å². The highest BCUT2D eigenvalue weighted by Gasteiger charge is 2.27. The fourth-order valence-electron chi connectivity index (χ4n) is 2.74. The number of nitrogens with one attached hydrogen (secondary N) is 3. The van der Waals surface area contributed by atoms with Gasteiger partial charge in [-0.05, 0) is 36.8 Å². The molecule has 2 atom stereocenters. The molecule has 26 heavy (non-hydrogen) atoms. The molecule has 7 heteroatoms. The molecule has 0 spiro atoms. The van der Waals surface area contributed by atoms with E-state index in [2.05, 4.69) is 20.9 Å². The maximum atomic E-state index is 12.2. The molecule has 3 rings (SSSR count). The normalized spacial score (nSPS) is 19.6. The summed E-state index contributed by atoms with van der Waals surface area (Å²) in [6.07, 6.45) is 3.01. The van der Waals surface area contributed by atoms with Crippen molar-refractivity contribution in [1.82, 2.24) is 15.6 Å². The van der Waals surface area contributed by atoms with E-state index in [1.807, 2.05) is 31.2 Å². The molecule has 0 saturated carbocycles. The SMILES string of the molecule is C[C@H]1OCCN[C@@H]1C(=O)NCc1ccc(NC(=O)c2ccncc2)cc1. The Morgan fingerprint density at radius 3 is 2.62 bits per heavy atom.